The number of anilines is 1. The number of amides is 1. The lowest BCUT2D eigenvalue weighted by Gasteiger charge is -2.07. The molecule has 0 aliphatic carbocycles. The van der Waals surface area contributed by atoms with Crippen molar-refractivity contribution in [2.24, 2.45) is 0 Å². The van der Waals surface area contributed by atoms with Gasteiger partial charge < -0.3 is 5.32 Å². The van der Waals surface area contributed by atoms with Gasteiger partial charge in [-0.3, -0.25) is 14.6 Å². The predicted molar refractivity (Wildman–Crippen MR) is 83.4 cm³/mol. The lowest BCUT2D eigenvalue weighted by molar-refractivity contribution is -0.116. The standard InChI is InChI=1S/C16H13FN4O2/c17-11-3-1-4-12(9-11)20-15(22)6-8-21-16(23)13-5-2-7-18-14(13)10-19-21/h1-5,7,9-10H,6,8H2,(H,20,22). The quantitative estimate of drug-likeness (QED) is 0.799. The van der Waals surface area contributed by atoms with E-state index in [0.717, 1.165) is 0 Å². The summed E-state index contributed by atoms with van der Waals surface area (Å²) in [6, 6.07) is 8.95. The first-order valence-electron chi connectivity index (χ1n) is 7.00. The number of hydrogen-bond donors (Lipinski definition) is 1. The molecule has 0 unspecified atom stereocenters. The van der Waals surface area contributed by atoms with Gasteiger partial charge in [0.15, 0.2) is 0 Å². The highest BCUT2D eigenvalue weighted by Crippen LogP contribution is 2.09. The van der Waals surface area contributed by atoms with Gasteiger partial charge in [-0.15, -0.1) is 0 Å². The fraction of sp³-hybridized carbons (Fsp3) is 0.125. The van der Waals surface area contributed by atoms with E-state index in [2.05, 4.69) is 15.4 Å². The third-order valence-electron chi connectivity index (χ3n) is 3.28. The Morgan fingerprint density at radius 1 is 1.26 bits per heavy atom. The van der Waals surface area contributed by atoms with Gasteiger partial charge in [-0.1, -0.05) is 6.07 Å². The first-order chi connectivity index (χ1) is 11.1. The molecule has 1 N–H and O–H groups in total. The van der Waals surface area contributed by atoms with Crippen LogP contribution in [-0.2, 0) is 11.3 Å². The topological polar surface area (TPSA) is 76.9 Å². The molecule has 0 radical (unpaired) electrons. The molecule has 0 spiro atoms. The summed E-state index contributed by atoms with van der Waals surface area (Å²) in [5.41, 5.74) is 0.588. The molecule has 0 aliphatic rings. The van der Waals surface area contributed by atoms with Crippen molar-refractivity contribution in [1.29, 1.82) is 0 Å². The number of benzene rings is 1. The molecule has 23 heavy (non-hydrogen) atoms. The molecule has 0 saturated heterocycles. The smallest absolute Gasteiger partial charge is 0.276 e. The van der Waals surface area contributed by atoms with Crippen LogP contribution >= 0.6 is 0 Å². The number of carbonyl (C=O) groups excluding carboxylic acids is 1. The van der Waals surface area contributed by atoms with E-state index in [1.807, 2.05) is 0 Å². The number of fused-ring (bicyclic) bond motifs is 1. The van der Waals surface area contributed by atoms with Crippen LogP contribution in [0, 0.1) is 5.82 Å². The van der Waals surface area contributed by atoms with Gasteiger partial charge in [-0.25, -0.2) is 9.07 Å². The zero-order chi connectivity index (χ0) is 16.2. The molecule has 0 atom stereocenters. The molecule has 0 bridgehead atoms. The van der Waals surface area contributed by atoms with Crippen LogP contribution in [-0.4, -0.2) is 20.7 Å². The third kappa shape index (κ3) is 3.39. The van der Waals surface area contributed by atoms with Crippen molar-refractivity contribution in [2.75, 3.05) is 5.32 Å². The van der Waals surface area contributed by atoms with E-state index < -0.39 is 5.82 Å². The number of pyridine rings is 1. The van der Waals surface area contributed by atoms with Crippen molar-refractivity contribution in [3.63, 3.8) is 0 Å². The van der Waals surface area contributed by atoms with E-state index in [1.165, 1.54) is 29.1 Å². The zero-order valence-corrected chi connectivity index (χ0v) is 12.1. The van der Waals surface area contributed by atoms with Crippen LogP contribution in [0.1, 0.15) is 6.42 Å². The van der Waals surface area contributed by atoms with Gasteiger partial charge in [0, 0.05) is 18.3 Å². The van der Waals surface area contributed by atoms with E-state index in [1.54, 1.807) is 24.4 Å². The normalized spacial score (nSPS) is 10.7. The number of carbonyl (C=O) groups is 1. The predicted octanol–water partition coefficient (Wildman–Crippen LogP) is 1.96. The number of nitrogens with zero attached hydrogens (tertiary/aromatic N) is 3. The summed E-state index contributed by atoms with van der Waals surface area (Å²) in [4.78, 5) is 28.2. The van der Waals surface area contributed by atoms with Crippen molar-refractivity contribution in [3.8, 4) is 0 Å². The Balaban J connectivity index is 1.70. The number of halogens is 1. The van der Waals surface area contributed by atoms with E-state index in [4.69, 9.17) is 0 Å². The Morgan fingerprint density at radius 3 is 2.96 bits per heavy atom. The second-order valence-corrected chi connectivity index (χ2v) is 4.92. The number of hydrogen-bond acceptors (Lipinski definition) is 4. The van der Waals surface area contributed by atoms with Gasteiger partial charge in [0.2, 0.25) is 5.91 Å². The van der Waals surface area contributed by atoms with Gasteiger partial charge in [-0.05, 0) is 30.3 Å². The van der Waals surface area contributed by atoms with Crippen LogP contribution in [0.4, 0.5) is 10.1 Å². The summed E-state index contributed by atoms with van der Waals surface area (Å²) in [6.45, 7) is 0.130. The second-order valence-electron chi connectivity index (χ2n) is 4.92. The molecule has 0 saturated carbocycles. The fourth-order valence-corrected chi connectivity index (χ4v) is 2.17. The molecule has 116 valence electrons. The lowest BCUT2D eigenvalue weighted by Crippen LogP contribution is -2.25. The minimum atomic E-state index is -0.428. The third-order valence-corrected chi connectivity index (χ3v) is 3.28. The number of nitrogens with one attached hydrogen (secondary N) is 1. The van der Waals surface area contributed by atoms with Gasteiger partial charge in [0.25, 0.3) is 5.56 Å². The average Bonchev–Trinajstić information content (AvgIpc) is 2.54. The molecule has 2 heterocycles. The van der Waals surface area contributed by atoms with Crippen LogP contribution in [0.25, 0.3) is 10.9 Å². The summed E-state index contributed by atoms with van der Waals surface area (Å²) < 4.78 is 14.3. The first kappa shape index (κ1) is 14.8. The van der Waals surface area contributed by atoms with Gasteiger partial charge >= 0.3 is 0 Å². The van der Waals surface area contributed by atoms with Crippen LogP contribution in [0.5, 0.6) is 0 Å². The van der Waals surface area contributed by atoms with Crippen molar-refractivity contribution < 1.29 is 9.18 Å². The van der Waals surface area contributed by atoms with Crippen molar-refractivity contribution in [1.82, 2.24) is 14.8 Å². The molecule has 0 fully saturated rings. The average molecular weight is 312 g/mol. The maximum absolute atomic E-state index is 13.1. The minimum Gasteiger partial charge on any atom is -0.326 e. The second kappa shape index (κ2) is 6.35. The van der Waals surface area contributed by atoms with E-state index in [0.29, 0.717) is 16.6 Å². The molecular formula is C16H13FN4O2. The zero-order valence-electron chi connectivity index (χ0n) is 12.1. The van der Waals surface area contributed by atoms with Crippen molar-refractivity contribution in [3.05, 3.63) is 65.0 Å². The monoisotopic (exact) mass is 312 g/mol. The number of aromatic nitrogens is 3. The maximum Gasteiger partial charge on any atom is 0.276 e. The van der Waals surface area contributed by atoms with Crippen molar-refractivity contribution >= 4 is 22.5 Å². The van der Waals surface area contributed by atoms with Crippen LogP contribution in [0.15, 0.2) is 53.6 Å². The Bertz CT molecular complexity index is 923. The fourth-order valence-electron chi connectivity index (χ4n) is 2.17. The SMILES string of the molecule is O=C(CCn1ncc2ncccc2c1=O)Nc1cccc(F)c1. The molecule has 6 nitrogen and oxygen atoms in total. The summed E-state index contributed by atoms with van der Waals surface area (Å²) in [5, 5.41) is 7.03. The highest BCUT2D eigenvalue weighted by molar-refractivity contribution is 5.90. The molecule has 3 rings (SSSR count). The van der Waals surface area contributed by atoms with Crippen molar-refractivity contribution in [2.45, 2.75) is 13.0 Å². The molecule has 3 aromatic rings. The largest absolute Gasteiger partial charge is 0.326 e. The first-order valence-corrected chi connectivity index (χ1v) is 7.00. The minimum absolute atomic E-state index is 0.0508. The summed E-state index contributed by atoms with van der Waals surface area (Å²) >= 11 is 0. The summed E-state index contributed by atoms with van der Waals surface area (Å²) in [7, 11) is 0. The molecule has 1 amide bonds. The highest BCUT2D eigenvalue weighted by atomic mass is 19.1. The maximum atomic E-state index is 13.1. The van der Waals surface area contributed by atoms with E-state index in [-0.39, 0.29) is 24.4 Å². The molecule has 2 aromatic heterocycles. The molecule has 1 aromatic carbocycles. The molecular weight excluding hydrogens is 299 g/mol. The Kier molecular flexibility index (Phi) is 4.09. The van der Waals surface area contributed by atoms with Gasteiger partial charge in [-0.2, -0.15) is 5.10 Å². The highest BCUT2D eigenvalue weighted by Gasteiger charge is 2.08. The summed E-state index contributed by atoms with van der Waals surface area (Å²) in [5.74, 6) is -0.752. The Hall–Kier alpha value is -3.09. The van der Waals surface area contributed by atoms with Gasteiger partial charge in [0.1, 0.15) is 5.82 Å². The lowest BCUT2D eigenvalue weighted by atomic mass is 10.3. The van der Waals surface area contributed by atoms with E-state index >= 15 is 0 Å². The Morgan fingerprint density at radius 2 is 2.13 bits per heavy atom. The van der Waals surface area contributed by atoms with Crippen LogP contribution in [0.2, 0.25) is 0 Å². The van der Waals surface area contributed by atoms with Gasteiger partial charge in [0.05, 0.1) is 23.6 Å². The molecule has 7 heteroatoms. The number of aryl methyl sites for hydroxylation is 1. The van der Waals surface area contributed by atoms with E-state index in [9.17, 15) is 14.0 Å². The Labute approximate surface area is 130 Å². The van der Waals surface area contributed by atoms with Crippen LogP contribution < -0.4 is 10.9 Å². The van der Waals surface area contributed by atoms with Crippen LogP contribution in [0.3, 0.4) is 0 Å². The molecule has 0 aliphatic heterocycles. The number of rotatable bonds is 4. The summed E-state index contributed by atoms with van der Waals surface area (Å²) in [6.07, 6.45) is 3.12.